The summed E-state index contributed by atoms with van der Waals surface area (Å²) in [6.45, 7) is 1.73. The van der Waals surface area contributed by atoms with Gasteiger partial charge in [-0.2, -0.15) is 0 Å². The molecule has 1 fully saturated rings. The van der Waals surface area contributed by atoms with E-state index in [1.165, 1.54) is 0 Å². The van der Waals surface area contributed by atoms with Gasteiger partial charge in [0, 0.05) is 19.6 Å². The van der Waals surface area contributed by atoms with Crippen molar-refractivity contribution in [2.75, 3.05) is 30.7 Å². The maximum absolute atomic E-state index is 12.8. The van der Waals surface area contributed by atoms with Crippen LogP contribution in [0.5, 0.6) is 0 Å². The summed E-state index contributed by atoms with van der Waals surface area (Å²) < 4.78 is 39.5. The molecule has 26 heavy (non-hydrogen) atoms. The molecule has 0 bridgehead atoms. The molecule has 0 saturated carbocycles. The highest BCUT2D eigenvalue weighted by Gasteiger charge is 2.27. The average molecular weight is 378 g/mol. The van der Waals surface area contributed by atoms with Crippen molar-refractivity contribution in [3.05, 3.63) is 54.1 Å². The molecule has 0 amide bonds. The molecule has 2 aromatic rings. The SMILES string of the molecule is O=S(=O)(CCc1ccccc1)N1CCC(CNc2ncc(F)cn2)CC1. The molecule has 1 N–H and O–H groups in total. The van der Waals surface area contributed by atoms with Crippen LogP contribution in [0.3, 0.4) is 0 Å². The van der Waals surface area contributed by atoms with Crippen LogP contribution >= 0.6 is 0 Å². The normalized spacial score (nSPS) is 16.5. The van der Waals surface area contributed by atoms with Gasteiger partial charge in [-0.1, -0.05) is 30.3 Å². The Bertz CT molecular complexity index is 792. The highest BCUT2D eigenvalue weighted by atomic mass is 32.2. The number of nitrogens with one attached hydrogen (secondary N) is 1. The maximum atomic E-state index is 12.8. The van der Waals surface area contributed by atoms with E-state index in [-0.39, 0.29) is 5.75 Å². The van der Waals surface area contributed by atoms with Gasteiger partial charge in [-0.15, -0.1) is 0 Å². The van der Waals surface area contributed by atoms with Crippen molar-refractivity contribution in [3.63, 3.8) is 0 Å². The zero-order valence-electron chi connectivity index (χ0n) is 14.5. The minimum Gasteiger partial charge on any atom is -0.354 e. The van der Waals surface area contributed by atoms with Crippen molar-refractivity contribution < 1.29 is 12.8 Å². The fraction of sp³-hybridized carbons (Fsp3) is 0.444. The number of aromatic nitrogens is 2. The van der Waals surface area contributed by atoms with Gasteiger partial charge in [0.15, 0.2) is 5.82 Å². The Hall–Kier alpha value is -2.06. The van der Waals surface area contributed by atoms with Gasteiger partial charge < -0.3 is 5.32 Å². The Morgan fingerprint density at radius 2 is 1.77 bits per heavy atom. The lowest BCUT2D eigenvalue weighted by atomic mass is 9.98. The van der Waals surface area contributed by atoms with Crippen LogP contribution in [0.2, 0.25) is 0 Å². The van der Waals surface area contributed by atoms with E-state index < -0.39 is 15.8 Å². The van der Waals surface area contributed by atoms with Gasteiger partial charge in [0.05, 0.1) is 18.1 Å². The van der Waals surface area contributed by atoms with Gasteiger partial charge in [0.2, 0.25) is 16.0 Å². The zero-order valence-corrected chi connectivity index (χ0v) is 15.3. The third-order valence-electron chi connectivity index (χ3n) is 4.63. The van der Waals surface area contributed by atoms with Crippen LogP contribution in [0.4, 0.5) is 10.3 Å². The molecule has 6 nitrogen and oxygen atoms in total. The van der Waals surface area contributed by atoms with Gasteiger partial charge in [-0.25, -0.2) is 27.1 Å². The topological polar surface area (TPSA) is 75.2 Å². The summed E-state index contributed by atoms with van der Waals surface area (Å²) in [4.78, 5) is 7.73. The summed E-state index contributed by atoms with van der Waals surface area (Å²) in [5.74, 6) is 0.418. The molecule has 1 aromatic carbocycles. The van der Waals surface area contributed by atoms with Crippen LogP contribution in [0.1, 0.15) is 18.4 Å². The molecule has 140 valence electrons. The Labute approximate surface area is 153 Å². The average Bonchev–Trinajstić information content (AvgIpc) is 2.67. The molecule has 0 atom stereocenters. The van der Waals surface area contributed by atoms with E-state index in [2.05, 4.69) is 15.3 Å². The lowest BCUT2D eigenvalue weighted by Gasteiger charge is -2.31. The van der Waals surface area contributed by atoms with Gasteiger partial charge in [-0.05, 0) is 30.7 Å². The summed E-state index contributed by atoms with van der Waals surface area (Å²) >= 11 is 0. The van der Waals surface area contributed by atoms with E-state index in [1.807, 2.05) is 30.3 Å². The molecule has 1 aromatic heterocycles. The predicted molar refractivity (Wildman–Crippen MR) is 98.7 cm³/mol. The molecular weight excluding hydrogens is 355 g/mol. The lowest BCUT2D eigenvalue weighted by molar-refractivity contribution is 0.282. The van der Waals surface area contributed by atoms with E-state index in [9.17, 15) is 12.8 Å². The molecule has 3 rings (SSSR count). The molecule has 0 aliphatic carbocycles. The van der Waals surface area contributed by atoms with Crippen LogP contribution in [0, 0.1) is 11.7 Å². The number of anilines is 1. The predicted octanol–water partition coefficient (Wildman–Crippen LogP) is 2.31. The first-order valence-corrected chi connectivity index (χ1v) is 10.4. The van der Waals surface area contributed by atoms with Crippen molar-refractivity contribution in [2.45, 2.75) is 19.3 Å². The zero-order chi connectivity index (χ0) is 18.4. The van der Waals surface area contributed by atoms with Crippen LogP contribution < -0.4 is 5.32 Å². The maximum Gasteiger partial charge on any atom is 0.222 e. The minimum atomic E-state index is -3.23. The molecular formula is C18H23FN4O2S. The van der Waals surface area contributed by atoms with E-state index in [4.69, 9.17) is 0 Å². The van der Waals surface area contributed by atoms with Gasteiger partial charge in [0.1, 0.15) is 0 Å². The van der Waals surface area contributed by atoms with Crippen LogP contribution in [-0.4, -0.2) is 48.1 Å². The molecule has 8 heteroatoms. The van der Waals surface area contributed by atoms with E-state index in [0.29, 0.717) is 37.9 Å². The van der Waals surface area contributed by atoms with Gasteiger partial charge in [0.25, 0.3) is 0 Å². The number of piperidine rings is 1. The Morgan fingerprint density at radius 3 is 2.42 bits per heavy atom. The minimum absolute atomic E-state index is 0.142. The standard InChI is InChI=1S/C18H23FN4O2S/c19-17-13-21-18(22-14-17)20-12-16-6-9-23(10-7-16)26(24,25)11-8-15-4-2-1-3-5-15/h1-5,13-14,16H,6-12H2,(H,20,21,22). The second-order valence-electron chi connectivity index (χ2n) is 6.50. The first-order chi connectivity index (χ1) is 12.5. The molecule has 0 unspecified atom stereocenters. The Kier molecular flexibility index (Phi) is 6.16. The lowest BCUT2D eigenvalue weighted by Crippen LogP contribution is -2.41. The number of benzene rings is 1. The van der Waals surface area contributed by atoms with Crippen molar-refractivity contribution >= 4 is 16.0 Å². The molecule has 0 radical (unpaired) electrons. The molecule has 0 spiro atoms. The van der Waals surface area contributed by atoms with Crippen molar-refractivity contribution in [1.82, 2.24) is 14.3 Å². The van der Waals surface area contributed by atoms with Gasteiger partial charge in [-0.3, -0.25) is 0 Å². The van der Waals surface area contributed by atoms with E-state index in [1.54, 1.807) is 4.31 Å². The molecule has 1 aliphatic rings. The first kappa shape index (κ1) is 18.7. The smallest absolute Gasteiger partial charge is 0.222 e. The fourth-order valence-corrected chi connectivity index (χ4v) is 4.57. The second-order valence-corrected chi connectivity index (χ2v) is 8.59. The molecule has 2 heterocycles. The highest BCUT2D eigenvalue weighted by molar-refractivity contribution is 7.89. The van der Waals surface area contributed by atoms with Crippen molar-refractivity contribution in [3.8, 4) is 0 Å². The number of aryl methyl sites for hydroxylation is 1. The van der Waals surface area contributed by atoms with E-state index >= 15 is 0 Å². The quantitative estimate of drug-likeness (QED) is 0.800. The van der Waals surface area contributed by atoms with Crippen molar-refractivity contribution in [1.29, 1.82) is 0 Å². The first-order valence-electron chi connectivity index (χ1n) is 8.76. The Morgan fingerprint density at radius 1 is 1.12 bits per heavy atom. The molecule has 1 saturated heterocycles. The summed E-state index contributed by atoms with van der Waals surface area (Å²) in [6, 6.07) is 9.67. The third kappa shape index (κ3) is 5.22. The summed E-state index contributed by atoms with van der Waals surface area (Å²) in [5, 5.41) is 3.08. The largest absolute Gasteiger partial charge is 0.354 e. The Balaban J connectivity index is 1.44. The monoisotopic (exact) mass is 378 g/mol. The fourth-order valence-electron chi connectivity index (χ4n) is 3.05. The number of sulfonamides is 1. The summed E-state index contributed by atoms with van der Waals surface area (Å²) in [5.41, 5.74) is 1.04. The second kappa shape index (κ2) is 8.55. The van der Waals surface area contributed by atoms with Crippen LogP contribution in [0.25, 0.3) is 0 Å². The van der Waals surface area contributed by atoms with Crippen molar-refractivity contribution in [2.24, 2.45) is 5.92 Å². The third-order valence-corrected chi connectivity index (χ3v) is 6.50. The molecule has 1 aliphatic heterocycles. The van der Waals surface area contributed by atoms with E-state index in [0.717, 1.165) is 30.8 Å². The number of hydrogen-bond acceptors (Lipinski definition) is 5. The number of hydrogen-bond donors (Lipinski definition) is 1. The van der Waals surface area contributed by atoms with Crippen LogP contribution in [-0.2, 0) is 16.4 Å². The summed E-state index contributed by atoms with van der Waals surface area (Å²) in [7, 11) is -3.23. The highest BCUT2D eigenvalue weighted by Crippen LogP contribution is 2.20. The van der Waals surface area contributed by atoms with Crippen LogP contribution in [0.15, 0.2) is 42.7 Å². The number of nitrogens with zero attached hydrogens (tertiary/aromatic N) is 3. The van der Waals surface area contributed by atoms with Gasteiger partial charge >= 0.3 is 0 Å². The number of rotatable bonds is 7. The summed E-state index contributed by atoms with van der Waals surface area (Å²) in [6.07, 6.45) is 4.36. The number of halogens is 1.